The number of aromatic nitrogens is 3. The molecule has 17 heavy (non-hydrogen) atoms. The number of hydrogen-bond donors (Lipinski definition) is 1. The Morgan fingerprint density at radius 3 is 2.76 bits per heavy atom. The molecule has 86 valence electrons. The van der Waals surface area contributed by atoms with Gasteiger partial charge in [0.15, 0.2) is 6.29 Å². The molecular weight excluding hydrogens is 218 g/mol. The summed E-state index contributed by atoms with van der Waals surface area (Å²) in [6.07, 6.45) is 2.86. The molecule has 0 aliphatic heterocycles. The smallest absolute Gasteiger partial charge is 0.170 e. The molecule has 0 amide bonds. The van der Waals surface area contributed by atoms with Crippen molar-refractivity contribution in [1.82, 2.24) is 15.0 Å². The van der Waals surface area contributed by atoms with Crippen LogP contribution in [-0.2, 0) is 0 Å². The zero-order chi connectivity index (χ0) is 11.8. The summed E-state index contributed by atoms with van der Waals surface area (Å²) in [5.74, 6) is 0.442. The Kier molecular flexibility index (Phi) is 2.18. The first-order valence-corrected chi connectivity index (χ1v) is 5.50. The van der Waals surface area contributed by atoms with Crippen molar-refractivity contribution in [2.24, 2.45) is 0 Å². The van der Waals surface area contributed by atoms with E-state index in [1.54, 1.807) is 24.3 Å². The van der Waals surface area contributed by atoms with E-state index in [0.29, 0.717) is 17.3 Å². The summed E-state index contributed by atoms with van der Waals surface area (Å²) < 4.78 is 1.40. The molecule has 0 bridgehead atoms. The maximum Gasteiger partial charge on any atom is 0.170 e. The third-order valence-electron chi connectivity index (χ3n) is 2.92. The average Bonchev–Trinajstić information content (AvgIpc) is 3.10. The summed E-state index contributed by atoms with van der Waals surface area (Å²) in [5.41, 5.74) is 1.66. The number of aromatic hydroxyl groups is 1. The normalized spacial score (nSPS) is 14.8. The molecule has 1 aromatic carbocycles. The van der Waals surface area contributed by atoms with E-state index in [1.165, 1.54) is 4.68 Å². The fraction of sp³-hybridized carbons (Fsp3) is 0.250. The van der Waals surface area contributed by atoms with Gasteiger partial charge in [-0.3, -0.25) is 4.79 Å². The lowest BCUT2D eigenvalue weighted by Crippen LogP contribution is -2.02. The molecule has 0 saturated heterocycles. The molecule has 0 unspecified atom stereocenters. The molecule has 1 aromatic heterocycles. The first kappa shape index (κ1) is 10.0. The first-order chi connectivity index (χ1) is 8.31. The molecule has 1 aliphatic rings. The lowest BCUT2D eigenvalue weighted by molar-refractivity contribution is 0.111. The molecule has 3 rings (SSSR count). The second kappa shape index (κ2) is 3.69. The second-order valence-electron chi connectivity index (χ2n) is 4.15. The minimum atomic E-state index is 0.0860. The highest BCUT2D eigenvalue weighted by atomic mass is 16.3. The van der Waals surface area contributed by atoms with Gasteiger partial charge in [-0.15, -0.1) is 5.10 Å². The summed E-state index contributed by atoms with van der Waals surface area (Å²) >= 11 is 0. The van der Waals surface area contributed by atoms with E-state index < -0.39 is 0 Å². The van der Waals surface area contributed by atoms with E-state index in [0.717, 1.165) is 24.8 Å². The van der Waals surface area contributed by atoms with Crippen LogP contribution in [0.2, 0.25) is 0 Å². The van der Waals surface area contributed by atoms with Crippen molar-refractivity contribution in [3.8, 4) is 11.4 Å². The van der Waals surface area contributed by atoms with Crippen LogP contribution in [0.1, 0.15) is 34.9 Å². The second-order valence-corrected chi connectivity index (χ2v) is 4.15. The molecule has 1 heterocycles. The van der Waals surface area contributed by atoms with E-state index in [9.17, 15) is 9.90 Å². The van der Waals surface area contributed by atoms with Gasteiger partial charge in [-0.1, -0.05) is 17.3 Å². The lowest BCUT2D eigenvalue weighted by atomic mass is 10.2. The highest BCUT2D eigenvalue weighted by Crippen LogP contribution is 2.40. The molecule has 5 heteroatoms. The van der Waals surface area contributed by atoms with Crippen LogP contribution in [0.3, 0.4) is 0 Å². The van der Waals surface area contributed by atoms with E-state index in [4.69, 9.17) is 0 Å². The molecule has 1 N–H and O–H groups in total. The fourth-order valence-electron chi connectivity index (χ4n) is 1.88. The number of aldehydes is 1. The summed E-state index contributed by atoms with van der Waals surface area (Å²) in [4.78, 5) is 11.1. The minimum Gasteiger partial charge on any atom is -0.506 e. The molecule has 5 nitrogen and oxygen atoms in total. The van der Waals surface area contributed by atoms with Crippen LogP contribution in [0.5, 0.6) is 5.75 Å². The van der Waals surface area contributed by atoms with Crippen LogP contribution < -0.4 is 0 Å². The van der Waals surface area contributed by atoms with Crippen molar-refractivity contribution >= 4 is 6.29 Å². The zero-order valence-corrected chi connectivity index (χ0v) is 9.08. The fourth-order valence-corrected chi connectivity index (χ4v) is 1.88. The Hall–Kier alpha value is -2.17. The van der Waals surface area contributed by atoms with Gasteiger partial charge in [0.2, 0.25) is 0 Å². The Morgan fingerprint density at radius 2 is 2.12 bits per heavy atom. The SMILES string of the molecule is O=Cc1c(C2CC2)nnn1-c1ccccc1O. The highest BCUT2D eigenvalue weighted by molar-refractivity contribution is 5.76. The van der Waals surface area contributed by atoms with Crippen molar-refractivity contribution in [2.45, 2.75) is 18.8 Å². The van der Waals surface area contributed by atoms with Crippen molar-refractivity contribution in [3.63, 3.8) is 0 Å². The highest BCUT2D eigenvalue weighted by Gasteiger charge is 2.31. The van der Waals surface area contributed by atoms with Gasteiger partial charge in [-0.2, -0.15) is 0 Å². The number of nitrogens with zero attached hydrogens (tertiary/aromatic N) is 3. The van der Waals surface area contributed by atoms with Gasteiger partial charge in [-0.25, -0.2) is 4.68 Å². The predicted molar refractivity (Wildman–Crippen MR) is 60.4 cm³/mol. The largest absolute Gasteiger partial charge is 0.506 e. The molecule has 0 radical (unpaired) electrons. The van der Waals surface area contributed by atoms with Crippen molar-refractivity contribution < 1.29 is 9.90 Å². The van der Waals surface area contributed by atoms with Gasteiger partial charge in [0.05, 0.1) is 5.69 Å². The Balaban J connectivity index is 2.14. The van der Waals surface area contributed by atoms with Crippen LogP contribution in [0.25, 0.3) is 5.69 Å². The van der Waals surface area contributed by atoms with Gasteiger partial charge in [0.1, 0.15) is 17.1 Å². The maximum atomic E-state index is 11.1. The number of phenols is 1. The van der Waals surface area contributed by atoms with Crippen LogP contribution >= 0.6 is 0 Å². The number of carbonyl (C=O) groups is 1. The summed E-state index contributed by atoms with van der Waals surface area (Å²) in [7, 11) is 0. The third kappa shape index (κ3) is 1.60. The molecule has 0 atom stereocenters. The standard InChI is InChI=1S/C12H11N3O2/c16-7-10-12(8-5-6-8)13-14-15(10)9-3-1-2-4-11(9)17/h1-4,7-8,17H,5-6H2. The number of rotatable bonds is 3. The molecule has 0 spiro atoms. The number of carbonyl (C=O) groups excluding carboxylic acids is 1. The average molecular weight is 229 g/mol. The molecule has 1 saturated carbocycles. The topological polar surface area (TPSA) is 68.0 Å². The van der Waals surface area contributed by atoms with E-state index in [1.807, 2.05) is 0 Å². The van der Waals surface area contributed by atoms with Crippen molar-refractivity contribution in [1.29, 1.82) is 0 Å². The zero-order valence-electron chi connectivity index (χ0n) is 9.08. The van der Waals surface area contributed by atoms with Gasteiger partial charge < -0.3 is 5.11 Å². The minimum absolute atomic E-state index is 0.0860. The molecule has 2 aromatic rings. The third-order valence-corrected chi connectivity index (χ3v) is 2.92. The van der Waals surface area contributed by atoms with Crippen LogP contribution in [0.15, 0.2) is 24.3 Å². The number of hydrogen-bond acceptors (Lipinski definition) is 4. The van der Waals surface area contributed by atoms with Gasteiger partial charge in [0.25, 0.3) is 0 Å². The Labute approximate surface area is 97.7 Å². The van der Waals surface area contributed by atoms with Crippen molar-refractivity contribution in [2.75, 3.05) is 0 Å². The van der Waals surface area contributed by atoms with Gasteiger partial charge in [0, 0.05) is 5.92 Å². The van der Waals surface area contributed by atoms with E-state index >= 15 is 0 Å². The Bertz CT molecular complexity index is 573. The van der Waals surface area contributed by atoms with E-state index in [2.05, 4.69) is 10.3 Å². The molecule has 1 fully saturated rings. The van der Waals surface area contributed by atoms with Crippen LogP contribution in [0.4, 0.5) is 0 Å². The molecule has 1 aliphatic carbocycles. The summed E-state index contributed by atoms with van der Waals surface area (Å²) in [5, 5.41) is 17.7. The molecular formula is C12H11N3O2. The summed E-state index contributed by atoms with van der Waals surface area (Å²) in [6.45, 7) is 0. The monoisotopic (exact) mass is 229 g/mol. The summed E-state index contributed by atoms with van der Waals surface area (Å²) in [6, 6.07) is 6.76. The first-order valence-electron chi connectivity index (χ1n) is 5.50. The van der Waals surface area contributed by atoms with Crippen LogP contribution in [0, 0.1) is 0 Å². The number of phenolic OH excluding ortho intramolecular Hbond substituents is 1. The number of para-hydroxylation sites is 2. The lowest BCUT2D eigenvalue weighted by Gasteiger charge is -2.04. The van der Waals surface area contributed by atoms with Gasteiger partial charge in [-0.05, 0) is 25.0 Å². The van der Waals surface area contributed by atoms with Gasteiger partial charge >= 0.3 is 0 Å². The number of benzene rings is 1. The van der Waals surface area contributed by atoms with Crippen LogP contribution in [-0.4, -0.2) is 26.4 Å². The predicted octanol–water partition coefficient (Wildman–Crippen LogP) is 1.66. The van der Waals surface area contributed by atoms with Crippen molar-refractivity contribution in [3.05, 3.63) is 35.7 Å². The Morgan fingerprint density at radius 1 is 1.35 bits per heavy atom. The van der Waals surface area contributed by atoms with E-state index in [-0.39, 0.29) is 5.75 Å². The maximum absolute atomic E-state index is 11.1. The quantitative estimate of drug-likeness (QED) is 0.813.